The molecule has 2 atom stereocenters. The number of nitrogens with zero attached hydrogens (tertiary/aromatic N) is 3. The van der Waals surface area contributed by atoms with Gasteiger partial charge in [-0.2, -0.15) is 0 Å². The van der Waals surface area contributed by atoms with Crippen LogP contribution in [0.3, 0.4) is 0 Å². The summed E-state index contributed by atoms with van der Waals surface area (Å²) < 4.78 is 11.3. The number of fused-ring (bicyclic) bond motifs is 1. The fourth-order valence-corrected chi connectivity index (χ4v) is 4.07. The van der Waals surface area contributed by atoms with Crippen LogP contribution in [-0.2, 0) is 17.8 Å². The van der Waals surface area contributed by atoms with Crippen LogP contribution in [0.1, 0.15) is 49.3 Å². The number of likely N-dealkylation sites (tertiary alicyclic amines) is 1. The van der Waals surface area contributed by atoms with Crippen LogP contribution in [0.4, 0.5) is 0 Å². The summed E-state index contributed by atoms with van der Waals surface area (Å²) in [4.78, 5) is 24.6. The number of hydrogen-bond donors (Lipinski definition) is 1. The van der Waals surface area contributed by atoms with Crippen LogP contribution in [0.2, 0.25) is 0 Å². The van der Waals surface area contributed by atoms with E-state index in [9.17, 15) is 4.79 Å². The van der Waals surface area contributed by atoms with Crippen LogP contribution in [-0.4, -0.2) is 47.1 Å². The number of carbonyl (C=O) groups is 1. The van der Waals surface area contributed by atoms with E-state index >= 15 is 0 Å². The van der Waals surface area contributed by atoms with E-state index in [-0.39, 0.29) is 11.9 Å². The summed E-state index contributed by atoms with van der Waals surface area (Å²) in [6.07, 6.45) is 5.13. The highest BCUT2D eigenvalue weighted by Crippen LogP contribution is 2.32. The topological polar surface area (TPSA) is 76.6 Å². The number of amides is 1. The molecule has 4 rings (SSSR count). The highest BCUT2D eigenvalue weighted by molar-refractivity contribution is 5.81. The smallest absolute Gasteiger partial charge is 0.263 e. The molecule has 1 fully saturated rings. The van der Waals surface area contributed by atoms with Gasteiger partial charge in [0, 0.05) is 43.5 Å². The first kappa shape index (κ1) is 19.6. The molecule has 2 aliphatic heterocycles. The van der Waals surface area contributed by atoms with Crippen LogP contribution in [0.5, 0.6) is 11.5 Å². The quantitative estimate of drug-likeness (QED) is 0.837. The van der Waals surface area contributed by atoms with Crippen molar-refractivity contribution in [3.05, 3.63) is 47.5 Å². The van der Waals surface area contributed by atoms with E-state index in [1.807, 2.05) is 35.4 Å². The molecule has 7 nitrogen and oxygen atoms in total. The zero-order chi connectivity index (χ0) is 20.2. The number of benzene rings is 1. The van der Waals surface area contributed by atoms with E-state index in [2.05, 4.69) is 10.3 Å². The molecular formula is C22H28N4O3. The van der Waals surface area contributed by atoms with Gasteiger partial charge in [-0.25, -0.2) is 9.97 Å². The summed E-state index contributed by atoms with van der Waals surface area (Å²) in [5.41, 5.74) is 2.26. The lowest BCUT2D eigenvalue weighted by Crippen LogP contribution is -2.45. The molecule has 3 heterocycles. The van der Waals surface area contributed by atoms with Crippen LogP contribution in [0, 0.1) is 0 Å². The van der Waals surface area contributed by atoms with E-state index < -0.39 is 6.10 Å². The Bertz CT molecular complexity index is 873. The Labute approximate surface area is 171 Å². The molecule has 1 aromatic heterocycles. The van der Waals surface area contributed by atoms with Crippen LogP contribution < -0.4 is 14.8 Å². The third-order valence-electron chi connectivity index (χ3n) is 5.63. The number of rotatable bonds is 5. The van der Waals surface area contributed by atoms with Crippen molar-refractivity contribution in [2.24, 2.45) is 0 Å². The zero-order valence-electron chi connectivity index (χ0n) is 17.1. The molecule has 2 aliphatic rings. The van der Waals surface area contributed by atoms with Gasteiger partial charge in [-0.05, 0) is 38.3 Å². The van der Waals surface area contributed by atoms with Crippen molar-refractivity contribution in [3.63, 3.8) is 0 Å². The molecule has 29 heavy (non-hydrogen) atoms. The lowest BCUT2D eigenvalue weighted by Gasteiger charge is -2.36. The standard InChI is InChI=1S/C22H28N4O3/c1-15(29-20-9-4-3-8-19(20)28-2)22(27)26-12-6-5-7-18(26)21-24-14-16-13-23-11-10-17(16)25-21/h3-4,8-9,14-15,18,23H,5-7,10-13H2,1-2H3/t15-,18+/m1/s1. The van der Waals surface area contributed by atoms with Gasteiger partial charge >= 0.3 is 0 Å². The van der Waals surface area contributed by atoms with Crippen molar-refractivity contribution in [1.29, 1.82) is 0 Å². The minimum absolute atomic E-state index is 0.0383. The van der Waals surface area contributed by atoms with E-state index in [0.717, 1.165) is 55.9 Å². The van der Waals surface area contributed by atoms with E-state index in [0.29, 0.717) is 18.0 Å². The van der Waals surface area contributed by atoms with Crippen molar-refractivity contribution in [2.45, 2.75) is 51.3 Å². The summed E-state index contributed by atoms with van der Waals surface area (Å²) in [5, 5.41) is 3.34. The summed E-state index contributed by atoms with van der Waals surface area (Å²) in [7, 11) is 1.60. The van der Waals surface area contributed by atoms with Crippen LogP contribution in [0.25, 0.3) is 0 Å². The van der Waals surface area contributed by atoms with Crippen molar-refractivity contribution >= 4 is 5.91 Å². The van der Waals surface area contributed by atoms with E-state index in [1.165, 1.54) is 0 Å². The number of nitrogens with one attached hydrogen (secondary N) is 1. The largest absolute Gasteiger partial charge is 0.493 e. The van der Waals surface area contributed by atoms with Crippen molar-refractivity contribution in [2.75, 3.05) is 20.2 Å². The minimum atomic E-state index is -0.617. The average Bonchev–Trinajstić information content (AvgIpc) is 2.78. The Morgan fingerprint density at radius 3 is 2.93 bits per heavy atom. The maximum Gasteiger partial charge on any atom is 0.263 e. The monoisotopic (exact) mass is 396 g/mol. The minimum Gasteiger partial charge on any atom is -0.493 e. The number of piperidine rings is 1. The number of aromatic nitrogens is 2. The van der Waals surface area contributed by atoms with Gasteiger partial charge in [0.1, 0.15) is 0 Å². The molecule has 1 aromatic carbocycles. The van der Waals surface area contributed by atoms with Gasteiger partial charge in [0.05, 0.1) is 13.2 Å². The summed E-state index contributed by atoms with van der Waals surface area (Å²) >= 11 is 0. The molecule has 0 bridgehead atoms. The SMILES string of the molecule is COc1ccccc1O[C@H](C)C(=O)N1CCCC[C@H]1c1ncc2c(n1)CCNC2. The summed E-state index contributed by atoms with van der Waals surface area (Å²) in [6.45, 7) is 4.23. The lowest BCUT2D eigenvalue weighted by molar-refractivity contribution is -0.142. The maximum atomic E-state index is 13.3. The number of methoxy groups -OCH3 is 1. The Balaban J connectivity index is 1.53. The summed E-state index contributed by atoms with van der Waals surface area (Å²) in [6, 6.07) is 7.29. The van der Waals surface area contributed by atoms with Gasteiger partial charge in [0.25, 0.3) is 5.91 Å². The molecule has 1 amide bonds. The fourth-order valence-electron chi connectivity index (χ4n) is 4.07. The van der Waals surface area contributed by atoms with Gasteiger partial charge in [-0.3, -0.25) is 4.79 Å². The Hall–Kier alpha value is -2.67. The number of hydrogen-bond acceptors (Lipinski definition) is 6. The summed E-state index contributed by atoms with van der Waals surface area (Å²) in [5.74, 6) is 1.91. The van der Waals surface area contributed by atoms with Crippen molar-refractivity contribution in [3.8, 4) is 11.5 Å². The third kappa shape index (κ3) is 4.19. The zero-order valence-corrected chi connectivity index (χ0v) is 17.1. The van der Waals surface area contributed by atoms with E-state index in [1.54, 1.807) is 14.0 Å². The molecule has 154 valence electrons. The number of ether oxygens (including phenoxy) is 2. The Kier molecular flexibility index (Phi) is 5.94. The molecule has 1 saturated heterocycles. The second-order valence-corrected chi connectivity index (χ2v) is 7.58. The second-order valence-electron chi connectivity index (χ2n) is 7.58. The van der Waals surface area contributed by atoms with Gasteiger partial charge in [0.15, 0.2) is 23.4 Å². The van der Waals surface area contributed by atoms with Crippen LogP contribution >= 0.6 is 0 Å². The molecule has 7 heteroatoms. The van der Waals surface area contributed by atoms with Crippen LogP contribution in [0.15, 0.2) is 30.5 Å². The maximum absolute atomic E-state index is 13.3. The van der Waals surface area contributed by atoms with Crippen molar-refractivity contribution < 1.29 is 14.3 Å². The molecule has 2 aromatic rings. The van der Waals surface area contributed by atoms with Gasteiger partial charge in [-0.1, -0.05) is 12.1 Å². The number of para-hydroxylation sites is 2. The first-order chi connectivity index (χ1) is 14.2. The first-order valence-electron chi connectivity index (χ1n) is 10.3. The normalized spacial score (nSPS) is 19.9. The lowest BCUT2D eigenvalue weighted by atomic mass is 10.00. The molecule has 0 unspecified atom stereocenters. The molecular weight excluding hydrogens is 368 g/mol. The highest BCUT2D eigenvalue weighted by Gasteiger charge is 2.34. The fraction of sp³-hybridized carbons (Fsp3) is 0.500. The van der Waals surface area contributed by atoms with E-state index in [4.69, 9.17) is 14.5 Å². The van der Waals surface area contributed by atoms with Gasteiger partial charge in [0.2, 0.25) is 0 Å². The van der Waals surface area contributed by atoms with Crippen molar-refractivity contribution in [1.82, 2.24) is 20.2 Å². The number of carbonyl (C=O) groups excluding carboxylic acids is 1. The molecule has 1 N–H and O–H groups in total. The Morgan fingerprint density at radius 1 is 1.28 bits per heavy atom. The first-order valence-corrected chi connectivity index (χ1v) is 10.3. The average molecular weight is 396 g/mol. The Morgan fingerprint density at radius 2 is 2.10 bits per heavy atom. The highest BCUT2D eigenvalue weighted by atomic mass is 16.5. The third-order valence-corrected chi connectivity index (χ3v) is 5.63. The molecule has 0 spiro atoms. The predicted molar refractivity (Wildman–Crippen MR) is 109 cm³/mol. The van der Waals surface area contributed by atoms with Gasteiger partial charge < -0.3 is 19.7 Å². The predicted octanol–water partition coefficient (Wildman–Crippen LogP) is 2.65. The van der Waals surface area contributed by atoms with Gasteiger partial charge in [-0.15, -0.1) is 0 Å². The molecule has 0 radical (unpaired) electrons. The second kappa shape index (κ2) is 8.78. The molecule has 0 saturated carbocycles. The molecule has 0 aliphatic carbocycles.